The van der Waals surface area contributed by atoms with Crippen LogP contribution in [0.15, 0.2) is 83.8 Å². The molecule has 0 saturated heterocycles. The summed E-state index contributed by atoms with van der Waals surface area (Å²) in [6, 6.07) is 18.0. The van der Waals surface area contributed by atoms with Crippen molar-refractivity contribution in [2.24, 2.45) is 0 Å². The lowest BCUT2D eigenvalue weighted by atomic mass is 10.2. The van der Waals surface area contributed by atoms with Crippen molar-refractivity contribution >= 4 is 33.2 Å². The number of anilines is 1. The zero-order chi connectivity index (χ0) is 23.4. The van der Waals surface area contributed by atoms with Crippen molar-refractivity contribution in [2.75, 3.05) is 11.9 Å². The van der Waals surface area contributed by atoms with Crippen LogP contribution < -0.4 is 5.32 Å². The fourth-order valence-corrected chi connectivity index (χ4v) is 4.40. The molecule has 0 fully saturated rings. The lowest BCUT2D eigenvalue weighted by Crippen LogP contribution is -2.37. The summed E-state index contributed by atoms with van der Waals surface area (Å²) in [6.07, 6.45) is -4.50. The van der Waals surface area contributed by atoms with Gasteiger partial charge in [0.2, 0.25) is 15.9 Å². The highest BCUT2D eigenvalue weighted by atomic mass is 35.5. The van der Waals surface area contributed by atoms with Gasteiger partial charge in [0.15, 0.2) is 0 Å². The SMILES string of the molecule is O=C(CN(Cc1ccc(Cl)cc1)S(=O)(=O)c1ccccc1)Nc1ccc(C(F)(F)F)cc1. The molecular weight excluding hydrogens is 465 g/mol. The van der Waals surface area contributed by atoms with Gasteiger partial charge in [0.1, 0.15) is 0 Å². The first-order chi connectivity index (χ1) is 15.1. The van der Waals surface area contributed by atoms with E-state index >= 15 is 0 Å². The summed E-state index contributed by atoms with van der Waals surface area (Å²) in [5.74, 6) is -0.696. The molecule has 0 aliphatic heterocycles. The van der Waals surface area contributed by atoms with E-state index < -0.39 is 34.2 Å². The quantitative estimate of drug-likeness (QED) is 0.504. The maximum Gasteiger partial charge on any atom is 0.416 e. The van der Waals surface area contributed by atoms with Crippen LogP contribution in [0.2, 0.25) is 5.02 Å². The number of rotatable bonds is 7. The molecule has 0 aliphatic rings. The van der Waals surface area contributed by atoms with E-state index in [1.165, 1.54) is 12.1 Å². The fraction of sp³-hybridized carbons (Fsp3) is 0.136. The zero-order valence-corrected chi connectivity index (χ0v) is 18.1. The summed E-state index contributed by atoms with van der Waals surface area (Å²) < 4.78 is 65.4. The number of benzene rings is 3. The van der Waals surface area contributed by atoms with Crippen molar-refractivity contribution in [3.05, 3.63) is 95.0 Å². The van der Waals surface area contributed by atoms with E-state index in [4.69, 9.17) is 11.6 Å². The molecule has 168 valence electrons. The molecule has 1 N–H and O–H groups in total. The number of alkyl halides is 3. The lowest BCUT2D eigenvalue weighted by molar-refractivity contribution is -0.137. The Kier molecular flexibility index (Phi) is 7.22. The van der Waals surface area contributed by atoms with Crippen molar-refractivity contribution in [3.8, 4) is 0 Å². The number of sulfonamides is 1. The van der Waals surface area contributed by atoms with Crippen LogP contribution in [0.5, 0.6) is 0 Å². The Hall–Kier alpha value is -2.88. The molecule has 1 amide bonds. The summed E-state index contributed by atoms with van der Waals surface area (Å²) in [4.78, 5) is 12.6. The van der Waals surface area contributed by atoms with Gasteiger partial charge in [0.05, 0.1) is 17.0 Å². The Bertz CT molecular complexity index is 1170. The first-order valence-electron chi connectivity index (χ1n) is 9.32. The lowest BCUT2D eigenvalue weighted by Gasteiger charge is -2.22. The number of hydrogen-bond donors (Lipinski definition) is 1. The molecule has 0 radical (unpaired) electrons. The third kappa shape index (κ3) is 6.09. The Labute approximate surface area is 188 Å². The van der Waals surface area contributed by atoms with E-state index in [9.17, 15) is 26.4 Å². The van der Waals surface area contributed by atoms with Crippen LogP contribution in [-0.4, -0.2) is 25.2 Å². The molecule has 0 unspecified atom stereocenters. The van der Waals surface area contributed by atoms with Crippen LogP contribution in [0.1, 0.15) is 11.1 Å². The zero-order valence-electron chi connectivity index (χ0n) is 16.5. The van der Waals surface area contributed by atoms with Gasteiger partial charge in [-0.25, -0.2) is 8.42 Å². The van der Waals surface area contributed by atoms with E-state index in [1.54, 1.807) is 42.5 Å². The average molecular weight is 483 g/mol. The summed E-state index contributed by atoms with van der Waals surface area (Å²) in [5, 5.41) is 2.91. The monoisotopic (exact) mass is 482 g/mol. The van der Waals surface area contributed by atoms with Crippen molar-refractivity contribution < 1.29 is 26.4 Å². The summed E-state index contributed by atoms with van der Waals surface area (Å²) >= 11 is 5.88. The molecule has 0 saturated carbocycles. The number of nitrogens with zero attached hydrogens (tertiary/aromatic N) is 1. The third-order valence-corrected chi connectivity index (χ3v) is 6.53. The maximum absolute atomic E-state index is 13.1. The van der Waals surface area contributed by atoms with E-state index in [0.717, 1.165) is 28.6 Å². The first-order valence-corrected chi connectivity index (χ1v) is 11.1. The Balaban J connectivity index is 1.81. The van der Waals surface area contributed by atoms with Gasteiger partial charge in [-0.3, -0.25) is 4.79 Å². The smallest absolute Gasteiger partial charge is 0.325 e. The van der Waals surface area contributed by atoms with Gasteiger partial charge in [-0.2, -0.15) is 17.5 Å². The molecule has 5 nitrogen and oxygen atoms in total. The molecule has 10 heteroatoms. The highest BCUT2D eigenvalue weighted by Crippen LogP contribution is 2.30. The Morgan fingerprint density at radius 2 is 1.50 bits per heavy atom. The Morgan fingerprint density at radius 3 is 2.06 bits per heavy atom. The molecule has 0 bridgehead atoms. The van der Waals surface area contributed by atoms with Gasteiger partial charge in [-0.15, -0.1) is 0 Å². The van der Waals surface area contributed by atoms with E-state index in [0.29, 0.717) is 10.6 Å². The van der Waals surface area contributed by atoms with E-state index in [2.05, 4.69) is 5.32 Å². The average Bonchev–Trinajstić information content (AvgIpc) is 2.75. The molecule has 0 spiro atoms. The molecule has 3 aromatic carbocycles. The number of halogens is 4. The highest BCUT2D eigenvalue weighted by Gasteiger charge is 2.30. The topological polar surface area (TPSA) is 66.5 Å². The summed E-state index contributed by atoms with van der Waals surface area (Å²) in [6.45, 7) is -0.643. The van der Waals surface area contributed by atoms with Crippen LogP contribution in [0.4, 0.5) is 18.9 Å². The third-order valence-electron chi connectivity index (χ3n) is 4.47. The second kappa shape index (κ2) is 9.72. The molecule has 32 heavy (non-hydrogen) atoms. The largest absolute Gasteiger partial charge is 0.416 e. The number of nitrogens with one attached hydrogen (secondary N) is 1. The van der Waals surface area contributed by atoms with Crippen LogP contribution in [0.25, 0.3) is 0 Å². The van der Waals surface area contributed by atoms with Crippen molar-refractivity contribution in [1.82, 2.24) is 4.31 Å². The second-order valence-electron chi connectivity index (χ2n) is 6.84. The van der Waals surface area contributed by atoms with Crippen LogP contribution >= 0.6 is 11.6 Å². The minimum atomic E-state index is -4.50. The molecular formula is C22H18ClF3N2O3S. The summed E-state index contributed by atoms with van der Waals surface area (Å²) in [7, 11) is -4.03. The van der Waals surface area contributed by atoms with Gasteiger partial charge in [-0.1, -0.05) is 41.9 Å². The molecule has 0 aromatic heterocycles. The number of carbonyl (C=O) groups is 1. The minimum Gasteiger partial charge on any atom is -0.325 e. The Morgan fingerprint density at radius 1 is 0.906 bits per heavy atom. The van der Waals surface area contributed by atoms with Gasteiger partial charge in [0, 0.05) is 17.3 Å². The fourth-order valence-electron chi connectivity index (χ4n) is 2.86. The maximum atomic E-state index is 13.1. The molecule has 0 atom stereocenters. The highest BCUT2D eigenvalue weighted by molar-refractivity contribution is 7.89. The van der Waals surface area contributed by atoms with Gasteiger partial charge < -0.3 is 5.32 Å². The number of carbonyl (C=O) groups excluding carboxylic acids is 1. The number of amides is 1. The minimum absolute atomic E-state index is 0.0105. The predicted molar refractivity (Wildman–Crippen MR) is 116 cm³/mol. The first kappa shape index (κ1) is 23.8. The predicted octanol–water partition coefficient (Wildman–Crippen LogP) is 5.19. The van der Waals surface area contributed by atoms with Crippen molar-refractivity contribution in [2.45, 2.75) is 17.6 Å². The van der Waals surface area contributed by atoms with Crippen LogP contribution in [0, 0.1) is 0 Å². The normalized spacial score (nSPS) is 12.0. The van der Waals surface area contributed by atoms with Gasteiger partial charge in [0.25, 0.3) is 0 Å². The second-order valence-corrected chi connectivity index (χ2v) is 9.21. The van der Waals surface area contributed by atoms with Crippen LogP contribution in [-0.2, 0) is 27.5 Å². The van der Waals surface area contributed by atoms with E-state index in [1.807, 2.05) is 0 Å². The molecule has 3 rings (SSSR count). The number of hydrogen-bond acceptors (Lipinski definition) is 3. The van der Waals surface area contributed by atoms with Gasteiger partial charge in [-0.05, 0) is 54.1 Å². The van der Waals surface area contributed by atoms with Crippen LogP contribution in [0.3, 0.4) is 0 Å². The van der Waals surface area contributed by atoms with Crippen molar-refractivity contribution in [1.29, 1.82) is 0 Å². The van der Waals surface area contributed by atoms with Crippen molar-refractivity contribution in [3.63, 3.8) is 0 Å². The van der Waals surface area contributed by atoms with Gasteiger partial charge >= 0.3 is 6.18 Å². The van der Waals surface area contributed by atoms with E-state index in [-0.39, 0.29) is 17.1 Å². The molecule has 0 aliphatic carbocycles. The molecule has 3 aromatic rings. The summed E-state index contributed by atoms with van der Waals surface area (Å²) in [5.41, 5.74) is -0.130. The standard InChI is InChI=1S/C22H18ClF3N2O3S/c23-18-10-6-16(7-11-18)14-28(32(30,31)20-4-2-1-3-5-20)15-21(29)27-19-12-8-17(9-13-19)22(24,25)26/h1-13H,14-15H2,(H,27,29). The molecule has 0 heterocycles.